The van der Waals surface area contributed by atoms with E-state index in [0.717, 1.165) is 11.3 Å². The molecule has 1 heterocycles. The summed E-state index contributed by atoms with van der Waals surface area (Å²) >= 11 is 0. The van der Waals surface area contributed by atoms with Gasteiger partial charge in [-0.05, 0) is 12.1 Å². The molecule has 0 saturated carbocycles. The van der Waals surface area contributed by atoms with Crippen molar-refractivity contribution in [1.29, 1.82) is 0 Å². The molecule has 1 aromatic heterocycles. The van der Waals surface area contributed by atoms with E-state index in [4.69, 9.17) is 14.2 Å². The van der Waals surface area contributed by atoms with Gasteiger partial charge in [-0.2, -0.15) is 0 Å². The number of nitrogens with one attached hydrogen (secondary N) is 1. The van der Waals surface area contributed by atoms with Crippen LogP contribution in [0.3, 0.4) is 0 Å². The summed E-state index contributed by atoms with van der Waals surface area (Å²) in [6, 6.07) is 3.73. The fraction of sp³-hybridized carbons (Fsp3) is 0.250. The Hall–Kier alpha value is -1.88. The average molecular weight is 271 g/mol. The summed E-state index contributed by atoms with van der Waals surface area (Å²) in [6.07, 6.45) is 3.34. The highest BCUT2D eigenvalue weighted by molar-refractivity contribution is 5.85. The fourth-order valence-electron chi connectivity index (χ4n) is 1.72. The van der Waals surface area contributed by atoms with Gasteiger partial charge in [-0.25, -0.2) is 4.98 Å². The van der Waals surface area contributed by atoms with Gasteiger partial charge in [0.25, 0.3) is 0 Å². The first-order chi connectivity index (χ1) is 8.31. The maximum absolute atomic E-state index is 5.38. The molecule has 0 aliphatic carbocycles. The van der Waals surface area contributed by atoms with E-state index in [-0.39, 0.29) is 12.4 Å². The minimum Gasteiger partial charge on any atom is -0.493 e. The second-order valence-corrected chi connectivity index (χ2v) is 3.35. The summed E-state index contributed by atoms with van der Waals surface area (Å²) in [4.78, 5) is 7.02. The Labute approximate surface area is 112 Å². The van der Waals surface area contributed by atoms with Crippen LogP contribution in [0.4, 0.5) is 0 Å². The molecular weight excluding hydrogens is 256 g/mol. The number of benzene rings is 1. The highest BCUT2D eigenvalue weighted by Crippen LogP contribution is 2.43. The number of imidazole rings is 1. The molecule has 0 atom stereocenters. The van der Waals surface area contributed by atoms with Crippen LogP contribution >= 0.6 is 12.4 Å². The highest BCUT2D eigenvalue weighted by Gasteiger charge is 2.17. The molecule has 1 aromatic carbocycles. The minimum atomic E-state index is 0. The van der Waals surface area contributed by atoms with Crippen LogP contribution in [0.1, 0.15) is 0 Å². The van der Waals surface area contributed by atoms with Crippen LogP contribution in [0.25, 0.3) is 11.3 Å². The van der Waals surface area contributed by atoms with Gasteiger partial charge in [-0.15, -0.1) is 12.4 Å². The third-order valence-electron chi connectivity index (χ3n) is 2.49. The van der Waals surface area contributed by atoms with Gasteiger partial charge in [0.1, 0.15) is 0 Å². The van der Waals surface area contributed by atoms with Gasteiger partial charge in [-0.1, -0.05) is 0 Å². The molecule has 2 aromatic rings. The van der Waals surface area contributed by atoms with Gasteiger partial charge < -0.3 is 19.2 Å². The summed E-state index contributed by atoms with van der Waals surface area (Å²) < 4.78 is 15.9. The first-order valence-corrected chi connectivity index (χ1v) is 5.09. The number of H-pyrrole nitrogens is 1. The van der Waals surface area contributed by atoms with E-state index in [1.165, 1.54) is 0 Å². The quantitative estimate of drug-likeness (QED) is 0.928. The van der Waals surface area contributed by atoms with E-state index < -0.39 is 0 Å². The van der Waals surface area contributed by atoms with Crippen molar-refractivity contribution < 1.29 is 14.2 Å². The van der Waals surface area contributed by atoms with Crippen molar-refractivity contribution in [2.75, 3.05) is 21.3 Å². The minimum absolute atomic E-state index is 0. The Balaban J connectivity index is 0.00000162. The normalized spacial score (nSPS) is 9.50. The summed E-state index contributed by atoms with van der Waals surface area (Å²) in [5.74, 6) is 1.82. The molecule has 0 amide bonds. The largest absolute Gasteiger partial charge is 0.493 e. The van der Waals surface area contributed by atoms with E-state index in [2.05, 4.69) is 9.97 Å². The monoisotopic (exact) mass is 270 g/mol. The molecule has 1 N–H and O–H groups in total. The molecule has 2 rings (SSSR count). The molecule has 18 heavy (non-hydrogen) atoms. The Morgan fingerprint density at radius 2 is 1.72 bits per heavy atom. The Morgan fingerprint density at radius 1 is 1.00 bits per heavy atom. The third kappa shape index (κ3) is 2.36. The SMILES string of the molecule is COc1ccc(-c2cnc[nH]2)c(OC)c1OC.Cl. The molecule has 0 fully saturated rings. The lowest BCUT2D eigenvalue weighted by Crippen LogP contribution is -1.96. The van der Waals surface area contributed by atoms with E-state index in [0.29, 0.717) is 17.2 Å². The van der Waals surface area contributed by atoms with Gasteiger partial charge in [0.2, 0.25) is 5.75 Å². The number of ether oxygens (including phenoxy) is 3. The zero-order chi connectivity index (χ0) is 12.3. The molecule has 0 aliphatic heterocycles. The molecule has 0 radical (unpaired) electrons. The first-order valence-electron chi connectivity index (χ1n) is 5.09. The standard InChI is InChI=1S/C12H14N2O3.ClH/c1-15-10-5-4-8(9-6-13-7-14-9)11(16-2)12(10)17-3;/h4-7H,1-3H3,(H,13,14);1H. The molecule has 5 nitrogen and oxygen atoms in total. The lowest BCUT2D eigenvalue weighted by Gasteiger charge is -2.14. The van der Waals surface area contributed by atoms with Crippen molar-refractivity contribution in [3.63, 3.8) is 0 Å². The zero-order valence-electron chi connectivity index (χ0n) is 10.4. The van der Waals surface area contributed by atoms with Crippen LogP contribution < -0.4 is 14.2 Å². The zero-order valence-corrected chi connectivity index (χ0v) is 11.2. The molecule has 0 saturated heterocycles. The Morgan fingerprint density at radius 3 is 2.22 bits per heavy atom. The number of methoxy groups -OCH3 is 3. The van der Waals surface area contributed by atoms with Gasteiger partial charge in [0, 0.05) is 5.56 Å². The van der Waals surface area contributed by atoms with Crippen molar-refractivity contribution in [3.8, 4) is 28.5 Å². The summed E-state index contributed by atoms with van der Waals surface area (Å²) in [5, 5.41) is 0. The number of hydrogen-bond donors (Lipinski definition) is 1. The van der Waals surface area contributed by atoms with Crippen LogP contribution in [0, 0.1) is 0 Å². The van der Waals surface area contributed by atoms with Gasteiger partial charge >= 0.3 is 0 Å². The van der Waals surface area contributed by atoms with Crippen molar-refractivity contribution in [2.45, 2.75) is 0 Å². The maximum atomic E-state index is 5.38. The summed E-state index contributed by atoms with van der Waals surface area (Å²) in [7, 11) is 4.77. The average Bonchev–Trinajstić information content (AvgIpc) is 2.90. The van der Waals surface area contributed by atoms with Gasteiger partial charge in [0.15, 0.2) is 11.5 Å². The molecule has 0 spiro atoms. The van der Waals surface area contributed by atoms with Crippen molar-refractivity contribution >= 4 is 12.4 Å². The van der Waals surface area contributed by atoms with Crippen molar-refractivity contribution in [1.82, 2.24) is 9.97 Å². The van der Waals surface area contributed by atoms with Gasteiger partial charge in [0.05, 0.1) is 39.5 Å². The van der Waals surface area contributed by atoms with Crippen LogP contribution in [0.15, 0.2) is 24.7 Å². The topological polar surface area (TPSA) is 56.4 Å². The fourth-order valence-corrected chi connectivity index (χ4v) is 1.72. The van der Waals surface area contributed by atoms with Crippen LogP contribution in [0.2, 0.25) is 0 Å². The molecule has 0 unspecified atom stereocenters. The van der Waals surface area contributed by atoms with Gasteiger partial charge in [-0.3, -0.25) is 0 Å². The summed E-state index contributed by atoms with van der Waals surface area (Å²) in [5.41, 5.74) is 1.74. The number of rotatable bonds is 4. The summed E-state index contributed by atoms with van der Waals surface area (Å²) in [6.45, 7) is 0. The number of aromatic nitrogens is 2. The third-order valence-corrected chi connectivity index (χ3v) is 2.49. The van der Waals surface area contributed by atoms with Crippen molar-refractivity contribution in [3.05, 3.63) is 24.7 Å². The highest BCUT2D eigenvalue weighted by atomic mass is 35.5. The number of hydrogen-bond acceptors (Lipinski definition) is 4. The second kappa shape index (κ2) is 6.16. The molecular formula is C12H15ClN2O3. The predicted molar refractivity (Wildman–Crippen MR) is 70.9 cm³/mol. The number of aromatic amines is 1. The molecule has 0 bridgehead atoms. The first kappa shape index (κ1) is 14.2. The lowest BCUT2D eigenvalue weighted by atomic mass is 10.1. The van der Waals surface area contributed by atoms with Crippen molar-refractivity contribution in [2.24, 2.45) is 0 Å². The number of halogens is 1. The van der Waals surface area contributed by atoms with Crippen LogP contribution in [0.5, 0.6) is 17.2 Å². The smallest absolute Gasteiger partial charge is 0.203 e. The Kier molecular flexibility index (Phi) is 4.85. The molecule has 6 heteroatoms. The van der Waals surface area contributed by atoms with Crippen LogP contribution in [-0.4, -0.2) is 31.3 Å². The van der Waals surface area contributed by atoms with E-state index >= 15 is 0 Å². The number of nitrogens with zero attached hydrogens (tertiary/aromatic N) is 1. The molecule has 0 aliphatic rings. The predicted octanol–water partition coefficient (Wildman–Crippen LogP) is 2.52. The lowest BCUT2D eigenvalue weighted by molar-refractivity contribution is 0.325. The van der Waals surface area contributed by atoms with Crippen LogP contribution in [-0.2, 0) is 0 Å². The Bertz CT molecular complexity index is 500. The molecule has 98 valence electrons. The second-order valence-electron chi connectivity index (χ2n) is 3.35. The van der Waals surface area contributed by atoms with E-state index in [9.17, 15) is 0 Å². The van der Waals surface area contributed by atoms with E-state index in [1.807, 2.05) is 12.1 Å². The van der Waals surface area contributed by atoms with E-state index in [1.54, 1.807) is 33.9 Å². The maximum Gasteiger partial charge on any atom is 0.203 e.